The van der Waals surface area contributed by atoms with E-state index in [0.717, 1.165) is 0 Å². The van der Waals surface area contributed by atoms with Gasteiger partial charge in [-0.05, 0) is 24.3 Å². The zero-order valence-electron chi connectivity index (χ0n) is 12.7. The molecule has 0 atom stereocenters. The molecule has 0 aliphatic carbocycles. The first-order valence-corrected chi connectivity index (χ1v) is 8.20. The predicted octanol–water partition coefficient (Wildman–Crippen LogP) is 3.70. The third kappa shape index (κ3) is 2.83. The van der Waals surface area contributed by atoms with E-state index in [4.69, 9.17) is 0 Å². The Morgan fingerprint density at radius 3 is 2.50 bits per heavy atom. The monoisotopic (exact) mass is 338 g/mol. The van der Waals surface area contributed by atoms with Crippen molar-refractivity contribution in [2.75, 3.05) is 5.75 Å². The summed E-state index contributed by atoms with van der Waals surface area (Å²) < 4.78 is 1.46. The second-order valence-corrected chi connectivity index (χ2v) is 5.96. The Balaban J connectivity index is 2.19. The molecule has 0 bridgehead atoms. The van der Waals surface area contributed by atoms with Gasteiger partial charge < -0.3 is 5.11 Å². The summed E-state index contributed by atoms with van der Waals surface area (Å²) in [4.78, 5) is 29.0. The van der Waals surface area contributed by atoms with Crippen molar-refractivity contribution in [2.45, 2.75) is 5.16 Å². The van der Waals surface area contributed by atoms with E-state index in [1.165, 1.54) is 28.5 Å². The van der Waals surface area contributed by atoms with Crippen LogP contribution in [0.3, 0.4) is 0 Å². The Morgan fingerprint density at radius 2 is 1.79 bits per heavy atom. The van der Waals surface area contributed by atoms with Gasteiger partial charge in [0.15, 0.2) is 5.16 Å². The number of nitrogens with zero attached hydrogens (tertiary/aromatic N) is 2. The average molecular weight is 338 g/mol. The van der Waals surface area contributed by atoms with Crippen LogP contribution >= 0.6 is 11.8 Å². The van der Waals surface area contributed by atoms with Crippen molar-refractivity contribution in [3.8, 4) is 0 Å². The van der Waals surface area contributed by atoms with Gasteiger partial charge in [0.2, 0.25) is 0 Å². The van der Waals surface area contributed by atoms with Crippen LogP contribution in [0.2, 0.25) is 0 Å². The van der Waals surface area contributed by atoms with E-state index in [9.17, 15) is 14.7 Å². The summed E-state index contributed by atoms with van der Waals surface area (Å²) in [7, 11) is 0. The fourth-order valence-corrected chi connectivity index (χ4v) is 3.15. The molecule has 120 valence electrons. The van der Waals surface area contributed by atoms with E-state index in [2.05, 4.69) is 11.6 Å². The number of aromatic nitrogens is 2. The summed E-state index contributed by atoms with van der Waals surface area (Å²) in [5.74, 6) is -0.950. The highest BCUT2D eigenvalue weighted by atomic mass is 32.2. The minimum Gasteiger partial charge on any atom is -0.478 e. The largest absolute Gasteiger partial charge is 0.478 e. The Bertz CT molecular complexity index is 946. The highest BCUT2D eigenvalue weighted by Gasteiger charge is 2.22. The van der Waals surface area contributed by atoms with Gasteiger partial charge in [-0.1, -0.05) is 42.1 Å². The number of hydrogen-bond acceptors (Lipinski definition) is 4. The number of carbonyl (C=O) groups excluding carboxylic acids is 1. The standard InChI is InChI=1S/C18H14N2O3S/c1-2-11-24-18-19-14-9-5-6-10-15(14)20(18)16(21)12-7-3-4-8-13(12)17(22)23/h2-10H,1,11H2,(H,22,23). The molecule has 1 heterocycles. The summed E-state index contributed by atoms with van der Waals surface area (Å²) in [5.41, 5.74) is 1.44. The van der Waals surface area contributed by atoms with Crippen LogP contribution < -0.4 is 0 Å². The molecule has 0 saturated heterocycles. The molecule has 2 aromatic carbocycles. The highest BCUT2D eigenvalue weighted by Crippen LogP contribution is 2.26. The average Bonchev–Trinajstić information content (AvgIpc) is 2.97. The van der Waals surface area contributed by atoms with Crippen LogP contribution in [0, 0.1) is 0 Å². The number of imidazole rings is 1. The number of rotatable bonds is 5. The lowest BCUT2D eigenvalue weighted by atomic mass is 10.1. The minimum atomic E-state index is -1.14. The van der Waals surface area contributed by atoms with Crippen LogP contribution in [-0.4, -0.2) is 32.3 Å². The van der Waals surface area contributed by atoms with Crippen molar-refractivity contribution >= 4 is 34.7 Å². The van der Waals surface area contributed by atoms with Gasteiger partial charge in [0.25, 0.3) is 5.91 Å². The first kappa shape index (κ1) is 16.0. The van der Waals surface area contributed by atoms with Gasteiger partial charge in [0.05, 0.1) is 22.2 Å². The van der Waals surface area contributed by atoms with Crippen molar-refractivity contribution < 1.29 is 14.7 Å². The number of hydrogen-bond donors (Lipinski definition) is 1. The van der Waals surface area contributed by atoms with Crippen LogP contribution in [0.1, 0.15) is 20.7 Å². The Hall–Kier alpha value is -2.86. The maximum atomic E-state index is 13.1. The number of aromatic carboxylic acids is 1. The summed E-state index contributed by atoms with van der Waals surface area (Å²) in [6.45, 7) is 3.68. The zero-order valence-corrected chi connectivity index (χ0v) is 13.5. The smallest absolute Gasteiger partial charge is 0.336 e. The molecule has 0 radical (unpaired) electrons. The predicted molar refractivity (Wildman–Crippen MR) is 93.8 cm³/mol. The number of para-hydroxylation sites is 2. The summed E-state index contributed by atoms with van der Waals surface area (Å²) in [6, 6.07) is 13.5. The van der Waals surface area contributed by atoms with E-state index in [1.807, 2.05) is 18.2 Å². The molecule has 6 heteroatoms. The Kier molecular flexibility index (Phi) is 4.48. The fraction of sp³-hybridized carbons (Fsp3) is 0.0556. The van der Waals surface area contributed by atoms with Gasteiger partial charge in [-0.15, -0.1) is 6.58 Å². The molecule has 1 N–H and O–H groups in total. The number of carbonyl (C=O) groups is 2. The molecular weight excluding hydrogens is 324 g/mol. The molecule has 3 rings (SSSR count). The van der Waals surface area contributed by atoms with Crippen molar-refractivity contribution in [2.24, 2.45) is 0 Å². The molecule has 5 nitrogen and oxygen atoms in total. The minimum absolute atomic E-state index is 0.0278. The van der Waals surface area contributed by atoms with Crippen LogP contribution in [0.25, 0.3) is 11.0 Å². The summed E-state index contributed by atoms with van der Waals surface area (Å²) in [5, 5.41) is 9.86. The zero-order chi connectivity index (χ0) is 17.1. The first-order valence-electron chi connectivity index (χ1n) is 7.21. The Labute approximate surface area is 142 Å². The first-order chi connectivity index (χ1) is 11.6. The second kappa shape index (κ2) is 6.72. The van der Waals surface area contributed by atoms with Gasteiger partial charge in [-0.2, -0.15) is 0 Å². The molecule has 0 saturated carbocycles. The normalized spacial score (nSPS) is 10.7. The van der Waals surface area contributed by atoms with Crippen LogP contribution in [0.5, 0.6) is 0 Å². The van der Waals surface area contributed by atoms with E-state index in [0.29, 0.717) is 21.9 Å². The van der Waals surface area contributed by atoms with Gasteiger partial charge in [-0.25, -0.2) is 9.78 Å². The van der Waals surface area contributed by atoms with Crippen molar-refractivity contribution in [3.05, 3.63) is 72.3 Å². The van der Waals surface area contributed by atoms with Crippen LogP contribution in [-0.2, 0) is 0 Å². The highest BCUT2D eigenvalue weighted by molar-refractivity contribution is 7.99. The second-order valence-electron chi connectivity index (χ2n) is 4.97. The summed E-state index contributed by atoms with van der Waals surface area (Å²) in [6.07, 6.45) is 1.73. The van der Waals surface area contributed by atoms with Crippen molar-refractivity contribution in [1.82, 2.24) is 9.55 Å². The molecule has 24 heavy (non-hydrogen) atoms. The quantitative estimate of drug-likeness (QED) is 0.567. The third-order valence-electron chi connectivity index (χ3n) is 3.45. The maximum Gasteiger partial charge on any atom is 0.336 e. The maximum absolute atomic E-state index is 13.1. The van der Waals surface area contributed by atoms with E-state index >= 15 is 0 Å². The van der Waals surface area contributed by atoms with Gasteiger partial charge >= 0.3 is 5.97 Å². The number of carboxylic acid groups (broad SMARTS) is 1. The van der Waals surface area contributed by atoms with Crippen LogP contribution in [0.4, 0.5) is 0 Å². The van der Waals surface area contributed by atoms with E-state index in [-0.39, 0.29) is 11.1 Å². The number of fused-ring (bicyclic) bond motifs is 1. The lowest BCUT2D eigenvalue weighted by Crippen LogP contribution is -2.17. The third-order valence-corrected chi connectivity index (χ3v) is 4.39. The molecule has 0 amide bonds. The van der Waals surface area contributed by atoms with Crippen molar-refractivity contribution in [1.29, 1.82) is 0 Å². The Morgan fingerprint density at radius 1 is 1.12 bits per heavy atom. The molecule has 0 aliphatic heterocycles. The number of carboxylic acids is 1. The van der Waals surface area contributed by atoms with E-state index in [1.54, 1.807) is 24.3 Å². The molecular formula is C18H14N2O3S. The lowest BCUT2D eigenvalue weighted by Gasteiger charge is -2.09. The number of benzene rings is 2. The van der Waals surface area contributed by atoms with Crippen LogP contribution in [0.15, 0.2) is 66.3 Å². The van der Waals surface area contributed by atoms with Gasteiger partial charge in [0, 0.05) is 5.75 Å². The molecule has 0 fully saturated rings. The van der Waals surface area contributed by atoms with Gasteiger partial charge in [-0.3, -0.25) is 9.36 Å². The van der Waals surface area contributed by atoms with E-state index < -0.39 is 11.9 Å². The molecule has 1 aromatic heterocycles. The topological polar surface area (TPSA) is 72.2 Å². The SMILES string of the molecule is C=CCSc1nc2ccccc2n1C(=O)c1ccccc1C(=O)O. The molecule has 0 aliphatic rings. The fourth-order valence-electron chi connectivity index (χ4n) is 2.41. The molecule has 3 aromatic rings. The number of thioether (sulfide) groups is 1. The summed E-state index contributed by atoms with van der Waals surface area (Å²) >= 11 is 1.38. The van der Waals surface area contributed by atoms with Crippen molar-refractivity contribution in [3.63, 3.8) is 0 Å². The lowest BCUT2D eigenvalue weighted by molar-refractivity contribution is 0.0691. The van der Waals surface area contributed by atoms with Gasteiger partial charge in [0.1, 0.15) is 0 Å². The molecule has 0 unspecified atom stereocenters. The molecule has 0 spiro atoms.